The topological polar surface area (TPSA) is 99.1 Å². The first kappa shape index (κ1) is 60.3. The van der Waals surface area contributed by atoms with Crippen molar-refractivity contribution in [3.63, 3.8) is 0 Å². The summed E-state index contributed by atoms with van der Waals surface area (Å²) in [6.07, 6.45) is 55.8. The minimum absolute atomic E-state index is 0.0500. The molecular weight excluding hydrogens is 787 g/mol. The van der Waals surface area contributed by atoms with Gasteiger partial charge < -0.3 is 23.8 Å². The van der Waals surface area contributed by atoms with E-state index in [0.29, 0.717) is 19.3 Å². The van der Waals surface area contributed by atoms with Gasteiger partial charge in [-0.25, -0.2) is 4.79 Å². The van der Waals surface area contributed by atoms with Crippen LogP contribution in [0.2, 0.25) is 0 Å². The van der Waals surface area contributed by atoms with E-state index in [-0.39, 0.29) is 36.2 Å². The molecule has 0 saturated carbocycles. The van der Waals surface area contributed by atoms with Crippen LogP contribution in [0.4, 0.5) is 0 Å². The zero-order chi connectivity index (χ0) is 46.3. The Morgan fingerprint density at radius 3 is 1.32 bits per heavy atom. The van der Waals surface area contributed by atoms with Crippen LogP contribution in [0.25, 0.3) is 0 Å². The Balaban J connectivity index is 4.21. The molecule has 63 heavy (non-hydrogen) atoms. The van der Waals surface area contributed by atoms with Crippen LogP contribution in [0.5, 0.6) is 0 Å². The monoisotopic (exact) mass is 887 g/mol. The molecule has 8 nitrogen and oxygen atoms in total. The van der Waals surface area contributed by atoms with Crippen LogP contribution in [-0.4, -0.2) is 80.6 Å². The van der Waals surface area contributed by atoms with Crippen LogP contribution in [-0.2, 0) is 28.6 Å². The third kappa shape index (κ3) is 44.3. The molecule has 0 aromatic rings. The largest absolute Gasteiger partial charge is 0.477 e. The average molecular weight is 887 g/mol. The summed E-state index contributed by atoms with van der Waals surface area (Å²) in [5.41, 5.74) is 0. The smallest absolute Gasteiger partial charge is 0.362 e. The second kappa shape index (κ2) is 45.8. The maximum absolute atomic E-state index is 12.8. The lowest BCUT2D eigenvalue weighted by atomic mass is 10.0. The number of quaternary nitrogens is 1. The molecule has 0 bridgehead atoms. The molecular formula is C55H100NO7+. The van der Waals surface area contributed by atoms with Gasteiger partial charge >= 0.3 is 17.9 Å². The summed E-state index contributed by atoms with van der Waals surface area (Å²) in [5.74, 6) is -1.46. The molecule has 0 aliphatic heterocycles. The number of hydrogen-bond donors (Lipinski definition) is 1. The number of rotatable bonds is 47. The molecule has 8 heteroatoms. The molecule has 0 aromatic heterocycles. The number of nitrogens with zero attached hydrogens (tertiary/aromatic N) is 1. The van der Waals surface area contributed by atoms with Gasteiger partial charge in [0.2, 0.25) is 0 Å². The van der Waals surface area contributed by atoms with Crippen molar-refractivity contribution in [2.45, 2.75) is 244 Å². The lowest BCUT2D eigenvalue weighted by molar-refractivity contribution is -0.887. The van der Waals surface area contributed by atoms with E-state index < -0.39 is 18.1 Å². The van der Waals surface area contributed by atoms with E-state index in [2.05, 4.69) is 62.5 Å². The maximum Gasteiger partial charge on any atom is 0.362 e. The first-order valence-corrected chi connectivity index (χ1v) is 26.2. The van der Waals surface area contributed by atoms with Crippen molar-refractivity contribution >= 4 is 17.9 Å². The first-order chi connectivity index (χ1) is 30.6. The van der Waals surface area contributed by atoms with Crippen molar-refractivity contribution in [1.82, 2.24) is 0 Å². The Morgan fingerprint density at radius 2 is 0.889 bits per heavy atom. The summed E-state index contributed by atoms with van der Waals surface area (Å²) < 4.78 is 17.4. The van der Waals surface area contributed by atoms with E-state index in [0.717, 1.165) is 64.2 Å². The van der Waals surface area contributed by atoms with Gasteiger partial charge in [0.25, 0.3) is 0 Å². The van der Waals surface area contributed by atoms with Gasteiger partial charge in [-0.2, -0.15) is 0 Å². The zero-order valence-corrected chi connectivity index (χ0v) is 41.8. The predicted octanol–water partition coefficient (Wildman–Crippen LogP) is 15.1. The number of allylic oxidation sites excluding steroid dienone is 8. The molecule has 0 saturated heterocycles. The molecule has 0 aromatic carbocycles. The molecule has 0 fully saturated rings. The molecule has 0 amide bonds. The second-order valence-electron chi connectivity index (χ2n) is 18.8. The van der Waals surface area contributed by atoms with Gasteiger partial charge in [-0.1, -0.05) is 210 Å². The molecule has 0 aliphatic rings. The van der Waals surface area contributed by atoms with E-state index in [1.807, 2.05) is 21.1 Å². The highest BCUT2D eigenvalue weighted by molar-refractivity contribution is 5.72. The number of carboxylic acid groups (broad SMARTS) is 1. The normalized spacial score (nSPS) is 13.2. The van der Waals surface area contributed by atoms with Crippen LogP contribution in [0.1, 0.15) is 232 Å². The number of aliphatic carboxylic acids is 1. The summed E-state index contributed by atoms with van der Waals surface area (Å²) in [4.78, 5) is 37.2. The average Bonchev–Trinajstić information content (AvgIpc) is 3.24. The standard InChI is InChI=1S/C55H99NO7/c1-6-8-10-12-14-16-18-20-22-24-25-26-27-28-29-30-32-34-36-38-40-42-44-46-54(58)63-51(49-61-48-47-52(55(59)60)56(3,4)5)50-62-53(57)45-43-41-39-37-35-33-31-23-21-19-17-15-13-11-9-7-2/h8,10,14,16,20,22,25-26,51-52H,6-7,9,11-13,15,17-19,21,23-24,27-50H2,1-5H3/p+1/b10-8+,16-14+,22-20+,26-25+. The zero-order valence-electron chi connectivity index (χ0n) is 41.8. The highest BCUT2D eigenvalue weighted by Gasteiger charge is 2.31. The fraction of sp³-hybridized carbons (Fsp3) is 0.800. The number of ether oxygens (including phenoxy) is 3. The Bertz CT molecular complexity index is 1170. The number of carboxylic acids is 1. The van der Waals surface area contributed by atoms with E-state index in [1.54, 1.807) is 0 Å². The number of likely N-dealkylation sites (N-methyl/N-ethyl adjacent to an activating group) is 1. The van der Waals surface area contributed by atoms with Gasteiger partial charge in [-0.05, 0) is 51.4 Å². The van der Waals surface area contributed by atoms with Gasteiger partial charge in [0.15, 0.2) is 12.1 Å². The molecule has 366 valence electrons. The number of carbonyl (C=O) groups excluding carboxylic acids is 2. The summed E-state index contributed by atoms with van der Waals surface area (Å²) >= 11 is 0. The molecule has 0 spiro atoms. The Labute approximate surface area is 388 Å². The SMILES string of the molecule is CC/C=C/C/C=C/C/C=C/C/C=C/CCCCCCCCCCCCC(=O)OC(COCCC(C(=O)O)[N+](C)(C)C)COC(=O)CCCCCCCCCCCCCCCCCC. The fourth-order valence-electron chi connectivity index (χ4n) is 7.73. The molecule has 2 unspecified atom stereocenters. The van der Waals surface area contributed by atoms with Crippen molar-refractivity contribution in [2.75, 3.05) is 41.0 Å². The first-order valence-electron chi connectivity index (χ1n) is 26.2. The maximum atomic E-state index is 12.8. The third-order valence-corrected chi connectivity index (χ3v) is 11.7. The van der Waals surface area contributed by atoms with Crippen LogP contribution in [0.15, 0.2) is 48.6 Å². The molecule has 0 rings (SSSR count). The van der Waals surface area contributed by atoms with Crippen molar-refractivity contribution in [3.8, 4) is 0 Å². The van der Waals surface area contributed by atoms with Gasteiger partial charge in [-0.15, -0.1) is 0 Å². The Kier molecular flexibility index (Phi) is 43.9. The molecule has 2 atom stereocenters. The van der Waals surface area contributed by atoms with E-state index in [9.17, 15) is 19.5 Å². The Morgan fingerprint density at radius 1 is 0.492 bits per heavy atom. The van der Waals surface area contributed by atoms with Crippen LogP contribution < -0.4 is 0 Å². The van der Waals surface area contributed by atoms with E-state index in [4.69, 9.17) is 14.2 Å². The molecule has 0 radical (unpaired) electrons. The molecule has 0 heterocycles. The van der Waals surface area contributed by atoms with Crippen molar-refractivity contribution in [1.29, 1.82) is 0 Å². The summed E-state index contributed by atoms with van der Waals surface area (Å²) in [6.45, 7) is 4.65. The van der Waals surface area contributed by atoms with Gasteiger partial charge in [0.05, 0.1) is 34.4 Å². The summed E-state index contributed by atoms with van der Waals surface area (Å²) in [5, 5.41) is 9.66. The van der Waals surface area contributed by atoms with Gasteiger partial charge in [0, 0.05) is 19.3 Å². The molecule has 1 N–H and O–H groups in total. The quantitative estimate of drug-likeness (QED) is 0.0281. The van der Waals surface area contributed by atoms with Crippen LogP contribution >= 0.6 is 0 Å². The third-order valence-electron chi connectivity index (χ3n) is 11.7. The summed E-state index contributed by atoms with van der Waals surface area (Å²) in [6, 6.07) is -0.615. The number of esters is 2. The lowest BCUT2D eigenvalue weighted by Crippen LogP contribution is -2.50. The second-order valence-corrected chi connectivity index (χ2v) is 18.8. The van der Waals surface area contributed by atoms with Crippen molar-refractivity contribution < 1.29 is 38.2 Å². The minimum atomic E-state index is -0.874. The summed E-state index contributed by atoms with van der Waals surface area (Å²) in [7, 11) is 5.54. The van der Waals surface area contributed by atoms with Crippen molar-refractivity contribution in [3.05, 3.63) is 48.6 Å². The highest BCUT2D eigenvalue weighted by atomic mass is 16.6. The number of carbonyl (C=O) groups is 3. The van der Waals surface area contributed by atoms with Crippen LogP contribution in [0, 0.1) is 0 Å². The fourth-order valence-corrected chi connectivity index (χ4v) is 7.73. The van der Waals surface area contributed by atoms with Gasteiger partial charge in [0.1, 0.15) is 6.61 Å². The van der Waals surface area contributed by atoms with Gasteiger partial charge in [-0.3, -0.25) is 9.59 Å². The highest BCUT2D eigenvalue weighted by Crippen LogP contribution is 2.16. The Hall–Kier alpha value is -2.71. The predicted molar refractivity (Wildman–Crippen MR) is 266 cm³/mol. The van der Waals surface area contributed by atoms with Crippen LogP contribution in [0.3, 0.4) is 0 Å². The molecule has 0 aliphatic carbocycles. The minimum Gasteiger partial charge on any atom is -0.477 e. The van der Waals surface area contributed by atoms with E-state index in [1.165, 1.54) is 135 Å². The lowest BCUT2D eigenvalue weighted by Gasteiger charge is -2.31. The van der Waals surface area contributed by atoms with Crippen molar-refractivity contribution in [2.24, 2.45) is 0 Å². The van der Waals surface area contributed by atoms with E-state index >= 15 is 0 Å². The number of hydrogen-bond acceptors (Lipinski definition) is 6. The number of unbranched alkanes of at least 4 members (excludes halogenated alkanes) is 25.